The molecule has 1 N–H and O–H groups in total. The maximum absolute atomic E-state index is 9.83. The molecule has 1 aliphatic rings. The van der Waals surface area contributed by atoms with Crippen LogP contribution in [0.4, 0.5) is 0 Å². The summed E-state index contributed by atoms with van der Waals surface area (Å²) in [4.78, 5) is 2.31. The van der Waals surface area contributed by atoms with Crippen LogP contribution in [-0.2, 0) is 13.0 Å². The smallest absolute Gasteiger partial charge is 0.0718 e. The molecule has 0 fully saturated rings. The summed E-state index contributed by atoms with van der Waals surface area (Å²) in [5.74, 6) is 0. The molecule has 1 aliphatic heterocycles. The molecule has 0 unspecified atom stereocenters. The van der Waals surface area contributed by atoms with E-state index in [0.717, 1.165) is 26.1 Å². The van der Waals surface area contributed by atoms with Crippen molar-refractivity contribution in [2.24, 2.45) is 0 Å². The fourth-order valence-corrected chi connectivity index (χ4v) is 2.81. The van der Waals surface area contributed by atoms with E-state index >= 15 is 0 Å². The van der Waals surface area contributed by atoms with Crippen molar-refractivity contribution in [3.63, 3.8) is 0 Å². The minimum absolute atomic E-state index is 0.612. The lowest BCUT2D eigenvalue weighted by Gasteiger charge is -2.33. The minimum Gasteiger partial charge on any atom is -0.389 e. The van der Waals surface area contributed by atoms with E-state index in [2.05, 4.69) is 39.0 Å². The number of rotatable bonds is 2. The molecule has 2 rings (SSSR count). The van der Waals surface area contributed by atoms with Crippen molar-refractivity contribution in [1.82, 2.24) is 4.90 Å². The number of hydrogen-bond acceptors (Lipinski definition) is 2. The number of β-amino-alcohol motifs (C(OH)–C–C–N with tert-alkyl or cyclic N) is 1. The zero-order valence-electron chi connectivity index (χ0n) is 9.83. The highest BCUT2D eigenvalue weighted by Gasteiger charge is 2.23. The summed E-state index contributed by atoms with van der Waals surface area (Å²) in [5, 5.41) is 9.83. The molecule has 0 radical (unpaired) electrons. The highest BCUT2D eigenvalue weighted by atomic mass is 79.9. The van der Waals surface area contributed by atoms with Crippen molar-refractivity contribution in [2.45, 2.75) is 32.4 Å². The quantitative estimate of drug-likeness (QED) is 0.902. The predicted octanol–water partition coefficient (Wildman–Crippen LogP) is 2.58. The second-order valence-corrected chi connectivity index (χ2v) is 6.00. The summed E-state index contributed by atoms with van der Waals surface area (Å²) in [6.07, 6.45) is 1.07. The molecule has 0 bridgehead atoms. The Balaban J connectivity index is 2.14. The van der Waals surface area contributed by atoms with Crippen LogP contribution in [0.5, 0.6) is 0 Å². The lowest BCUT2D eigenvalue weighted by Crippen LogP contribution is -2.41. The fraction of sp³-hybridized carbons (Fsp3) is 0.538. The summed E-state index contributed by atoms with van der Waals surface area (Å²) < 4.78 is 1.19. The van der Waals surface area contributed by atoms with Crippen LogP contribution in [0.3, 0.4) is 0 Å². The third-order valence-electron chi connectivity index (χ3n) is 2.91. The Kier molecular flexibility index (Phi) is 3.38. The molecule has 0 aliphatic carbocycles. The molecule has 0 saturated carbocycles. The fourth-order valence-electron chi connectivity index (χ4n) is 2.28. The van der Waals surface area contributed by atoms with Gasteiger partial charge in [-0.25, -0.2) is 0 Å². The molecule has 1 aromatic rings. The van der Waals surface area contributed by atoms with Crippen molar-refractivity contribution >= 4 is 15.9 Å². The largest absolute Gasteiger partial charge is 0.389 e. The molecule has 3 heteroatoms. The van der Waals surface area contributed by atoms with Crippen molar-refractivity contribution in [1.29, 1.82) is 0 Å². The van der Waals surface area contributed by atoms with Crippen LogP contribution < -0.4 is 0 Å². The van der Waals surface area contributed by atoms with Crippen molar-refractivity contribution in [2.75, 3.05) is 13.1 Å². The first-order chi connectivity index (χ1) is 7.46. The normalized spacial score (nSPS) is 17.2. The van der Waals surface area contributed by atoms with E-state index in [4.69, 9.17) is 0 Å². The second kappa shape index (κ2) is 4.47. The lowest BCUT2D eigenvalue weighted by molar-refractivity contribution is 0.0317. The van der Waals surface area contributed by atoms with Crippen LogP contribution in [0, 0.1) is 0 Å². The van der Waals surface area contributed by atoms with E-state index in [-0.39, 0.29) is 0 Å². The van der Waals surface area contributed by atoms with Crippen molar-refractivity contribution in [3.05, 3.63) is 33.8 Å². The SMILES string of the molecule is CC(C)(O)CN1CCc2cccc(Br)c2C1. The Hall–Kier alpha value is -0.380. The molecule has 0 amide bonds. The van der Waals surface area contributed by atoms with Gasteiger partial charge in [-0.05, 0) is 37.5 Å². The number of fused-ring (bicyclic) bond motifs is 1. The summed E-state index contributed by atoms with van der Waals surface area (Å²) in [6, 6.07) is 6.38. The molecule has 0 spiro atoms. The van der Waals surface area contributed by atoms with Crippen LogP contribution in [0.1, 0.15) is 25.0 Å². The maximum atomic E-state index is 9.83. The Morgan fingerprint density at radius 2 is 2.19 bits per heavy atom. The summed E-state index contributed by atoms with van der Waals surface area (Å²) >= 11 is 3.60. The van der Waals surface area contributed by atoms with E-state index in [0.29, 0.717) is 0 Å². The third kappa shape index (κ3) is 2.84. The first-order valence-corrected chi connectivity index (χ1v) is 6.46. The van der Waals surface area contributed by atoms with Gasteiger partial charge in [-0.3, -0.25) is 4.90 Å². The molecule has 1 heterocycles. The van der Waals surface area contributed by atoms with Crippen LogP contribution in [-0.4, -0.2) is 28.7 Å². The van der Waals surface area contributed by atoms with Gasteiger partial charge >= 0.3 is 0 Å². The molecule has 0 saturated heterocycles. The van der Waals surface area contributed by atoms with Gasteiger partial charge < -0.3 is 5.11 Å². The second-order valence-electron chi connectivity index (χ2n) is 5.15. The van der Waals surface area contributed by atoms with Crippen LogP contribution >= 0.6 is 15.9 Å². The third-order valence-corrected chi connectivity index (χ3v) is 3.65. The Morgan fingerprint density at radius 3 is 2.88 bits per heavy atom. The zero-order chi connectivity index (χ0) is 11.8. The van der Waals surface area contributed by atoms with Gasteiger partial charge in [0.1, 0.15) is 0 Å². The molecule has 1 aromatic carbocycles. The van der Waals surface area contributed by atoms with E-state index in [9.17, 15) is 5.11 Å². The average molecular weight is 284 g/mol. The molecular formula is C13H18BrNO. The monoisotopic (exact) mass is 283 g/mol. The molecular weight excluding hydrogens is 266 g/mol. The summed E-state index contributed by atoms with van der Waals surface area (Å²) in [6.45, 7) is 6.42. The van der Waals surface area contributed by atoms with Gasteiger partial charge in [-0.15, -0.1) is 0 Å². The first-order valence-electron chi connectivity index (χ1n) is 5.67. The highest BCUT2D eigenvalue weighted by Crippen LogP contribution is 2.27. The number of halogens is 1. The van der Waals surface area contributed by atoms with E-state index in [1.165, 1.54) is 15.6 Å². The van der Waals surface area contributed by atoms with Crippen LogP contribution in [0.2, 0.25) is 0 Å². The van der Waals surface area contributed by atoms with E-state index in [1.807, 2.05) is 13.8 Å². The Labute approximate surface area is 105 Å². The molecule has 16 heavy (non-hydrogen) atoms. The number of aliphatic hydroxyl groups is 1. The van der Waals surface area contributed by atoms with Crippen LogP contribution in [0.15, 0.2) is 22.7 Å². The molecule has 88 valence electrons. The minimum atomic E-state index is -0.612. The Morgan fingerprint density at radius 1 is 1.44 bits per heavy atom. The van der Waals surface area contributed by atoms with Gasteiger partial charge in [-0.1, -0.05) is 28.1 Å². The highest BCUT2D eigenvalue weighted by molar-refractivity contribution is 9.10. The zero-order valence-corrected chi connectivity index (χ0v) is 11.4. The number of hydrogen-bond donors (Lipinski definition) is 1. The summed E-state index contributed by atoms with van der Waals surface area (Å²) in [7, 11) is 0. The van der Waals surface area contributed by atoms with Gasteiger partial charge in [0, 0.05) is 24.1 Å². The topological polar surface area (TPSA) is 23.5 Å². The first kappa shape index (κ1) is 12.1. The molecule has 2 nitrogen and oxygen atoms in total. The average Bonchev–Trinajstić information content (AvgIpc) is 2.17. The number of nitrogens with zero attached hydrogens (tertiary/aromatic N) is 1. The van der Waals surface area contributed by atoms with E-state index in [1.54, 1.807) is 0 Å². The van der Waals surface area contributed by atoms with Crippen molar-refractivity contribution < 1.29 is 5.11 Å². The van der Waals surface area contributed by atoms with E-state index < -0.39 is 5.60 Å². The lowest BCUT2D eigenvalue weighted by atomic mass is 9.98. The van der Waals surface area contributed by atoms with Gasteiger partial charge in [0.15, 0.2) is 0 Å². The van der Waals surface area contributed by atoms with Gasteiger partial charge in [0.05, 0.1) is 5.60 Å². The van der Waals surface area contributed by atoms with Crippen LogP contribution in [0.25, 0.3) is 0 Å². The van der Waals surface area contributed by atoms with Gasteiger partial charge in [0.2, 0.25) is 0 Å². The standard InChI is InChI=1S/C13H18BrNO/c1-13(2,16)9-15-7-6-10-4-3-5-12(14)11(10)8-15/h3-5,16H,6-9H2,1-2H3. The molecule has 0 atom stereocenters. The maximum Gasteiger partial charge on any atom is 0.0718 e. The summed E-state index contributed by atoms with van der Waals surface area (Å²) in [5.41, 5.74) is 2.19. The van der Waals surface area contributed by atoms with Crippen molar-refractivity contribution in [3.8, 4) is 0 Å². The predicted molar refractivity (Wildman–Crippen MR) is 69.4 cm³/mol. The number of benzene rings is 1. The van der Waals surface area contributed by atoms with Gasteiger partial charge in [-0.2, -0.15) is 0 Å². The Bertz CT molecular complexity index is 384. The molecule has 0 aromatic heterocycles. The van der Waals surface area contributed by atoms with Gasteiger partial charge in [0.25, 0.3) is 0 Å².